The van der Waals surface area contributed by atoms with E-state index in [0.717, 1.165) is 5.56 Å². The SMILES string of the molecule is COc1cc(/C=C(\C#N)C(=O)Nc2c(Cl)cccc2Cl)cc(Br)c1OCc1ccc([N+](=O)[O-])cc1. The normalized spacial score (nSPS) is 10.9. The largest absolute Gasteiger partial charge is 0.493 e. The number of rotatable bonds is 8. The molecule has 3 rings (SSSR count). The number of carbonyl (C=O) groups is 1. The Hall–Kier alpha value is -3.58. The van der Waals surface area contributed by atoms with E-state index in [-0.39, 0.29) is 33.6 Å². The third-order valence-electron chi connectivity index (χ3n) is 4.66. The minimum atomic E-state index is -0.684. The van der Waals surface area contributed by atoms with E-state index in [1.54, 1.807) is 42.5 Å². The van der Waals surface area contributed by atoms with Crippen LogP contribution in [0.2, 0.25) is 10.0 Å². The maximum absolute atomic E-state index is 12.7. The summed E-state index contributed by atoms with van der Waals surface area (Å²) in [5.41, 5.74) is 1.21. The second-order valence-electron chi connectivity index (χ2n) is 6.97. The van der Waals surface area contributed by atoms with E-state index in [1.807, 2.05) is 6.07 Å². The number of benzene rings is 3. The zero-order valence-corrected chi connectivity index (χ0v) is 21.1. The summed E-state index contributed by atoms with van der Waals surface area (Å²) in [6.07, 6.45) is 1.38. The van der Waals surface area contributed by atoms with E-state index in [4.69, 9.17) is 32.7 Å². The lowest BCUT2D eigenvalue weighted by molar-refractivity contribution is -0.384. The van der Waals surface area contributed by atoms with Crippen LogP contribution in [0.3, 0.4) is 0 Å². The molecule has 1 amide bonds. The van der Waals surface area contributed by atoms with Gasteiger partial charge in [-0.15, -0.1) is 0 Å². The predicted molar refractivity (Wildman–Crippen MR) is 137 cm³/mol. The van der Waals surface area contributed by atoms with Crippen molar-refractivity contribution in [3.8, 4) is 17.6 Å². The molecule has 3 aromatic carbocycles. The Morgan fingerprint density at radius 1 is 1.20 bits per heavy atom. The highest BCUT2D eigenvalue weighted by molar-refractivity contribution is 9.10. The van der Waals surface area contributed by atoms with Crippen LogP contribution in [-0.2, 0) is 11.4 Å². The molecule has 3 aromatic rings. The third-order valence-corrected chi connectivity index (χ3v) is 5.88. The summed E-state index contributed by atoms with van der Waals surface area (Å²) in [5, 5.41) is 23.4. The molecular formula is C24H16BrCl2N3O5. The van der Waals surface area contributed by atoms with Gasteiger partial charge in [0.25, 0.3) is 11.6 Å². The zero-order chi connectivity index (χ0) is 25.5. The van der Waals surface area contributed by atoms with Gasteiger partial charge in [-0.25, -0.2) is 0 Å². The number of hydrogen-bond acceptors (Lipinski definition) is 6. The summed E-state index contributed by atoms with van der Waals surface area (Å²) in [5.74, 6) is 0.0456. The van der Waals surface area contributed by atoms with Gasteiger partial charge in [0.15, 0.2) is 11.5 Å². The lowest BCUT2D eigenvalue weighted by atomic mass is 10.1. The fourth-order valence-corrected chi connectivity index (χ4v) is 4.01. The van der Waals surface area contributed by atoms with E-state index in [0.29, 0.717) is 21.5 Å². The van der Waals surface area contributed by atoms with Crippen molar-refractivity contribution in [2.24, 2.45) is 0 Å². The van der Waals surface area contributed by atoms with E-state index in [9.17, 15) is 20.2 Å². The molecule has 0 aliphatic heterocycles. The van der Waals surface area contributed by atoms with Crippen molar-refractivity contribution in [2.45, 2.75) is 6.61 Å². The van der Waals surface area contributed by atoms with Gasteiger partial charge in [-0.2, -0.15) is 5.26 Å². The van der Waals surface area contributed by atoms with Crippen molar-refractivity contribution in [2.75, 3.05) is 12.4 Å². The van der Waals surface area contributed by atoms with Gasteiger partial charge in [-0.05, 0) is 69.5 Å². The highest BCUT2D eigenvalue weighted by Gasteiger charge is 2.16. The molecular weight excluding hydrogens is 561 g/mol. The van der Waals surface area contributed by atoms with Crippen molar-refractivity contribution in [1.82, 2.24) is 0 Å². The number of ether oxygens (including phenoxy) is 2. The van der Waals surface area contributed by atoms with Crippen LogP contribution in [0.1, 0.15) is 11.1 Å². The first-order chi connectivity index (χ1) is 16.7. The van der Waals surface area contributed by atoms with Crippen molar-refractivity contribution >= 4 is 62.5 Å². The highest BCUT2D eigenvalue weighted by Crippen LogP contribution is 2.38. The Morgan fingerprint density at radius 3 is 2.43 bits per heavy atom. The lowest BCUT2D eigenvalue weighted by Crippen LogP contribution is -2.14. The van der Waals surface area contributed by atoms with E-state index < -0.39 is 10.8 Å². The van der Waals surface area contributed by atoms with E-state index in [2.05, 4.69) is 21.2 Å². The van der Waals surface area contributed by atoms with Gasteiger partial charge in [0, 0.05) is 12.1 Å². The van der Waals surface area contributed by atoms with Crippen LogP contribution in [0.5, 0.6) is 11.5 Å². The van der Waals surface area contributed by atoms with E-state index >= 15 is 0 Å². The number of halogens is 3. The summed E-state index contributed by atoms with van der Waals surface area (Å²) in [6.45, 7) is 0.132. The van der Waals surface area contributed by atoms with Gasteiger partial charge in [-0.1, -0.05) is 29.3 Å². The summed E-state index contributed by atoms with van der Waals surface area (Å²) in [7, 11) is 1.45. The van der Waals surface area contributed by atoms with Crippen molar-refractivity contribution in [3.05, 3.63) is 95.9 Å². The maximum Gasteiger partial charge on any atom is 0.269 e. The van der Waals surface area contributed by atoms with Crippen LogP contribution in [0.4, 0.5) is 11.4 Å². The monoisotopic (exact) mass is 575 g/mol. The molecule has 0 bridgehead atoms. The zero-order valence-electron chi connectivity index (χ0n) is 18.1. The van der Waals surface area contributed by atoms with Crippen LogP contribution in [0.25, 0.3) is 6.08 Å². The standard InChI is InChI=1S/C24H16BrCl2N3O5/c1-34-21-11-15(9-16(12-28)24(31)29-22-19(26)3-2-4-20(22)27)10-18(25)23(21)35-13-14-5-7-17(8-6-14)30(32)33/h2-11H,13H2,1H3,(H,29,31)/b16-9+. The summed E-state index contributed by atoms with van der Waals surface area (Å²) >= 11 is 15.6. The molecule has 178 valence electrons. The average molecular weight is 577 g/mol. The first-order valence-electron chi connectivity index (χ1n) is 9.84. The molecule has 0 atom stereocenters. The van der Waals surface area contributed by atoms with Crippen LogP contribution >= 0.6 is 39.1 Å². The topological polar surface area (TPSA) is 114 Å². The smallest absolute Gasteiger partial charge is 0.269 e. The molecule has 0 spiro atoms. The van der Waals surface area contributed by atoms with Gasteiger partial charge in [0.1, 0.15) is 18.2 Å². The number of nitro groups is 1. The predicted octanol–water partition coefficient (Wildman–Crippen LogP) is 6.80. The first kappa shape index (κ1) is 26.0. The van der Waals surface area contributed by atoms with Crippen molar-refractivity contribution in [1.29, 1.82) is 5.26 Å². The number of hydrogen-bond donors (Lipinski definition) is 1. The fraction of sp³-hybridized carbons (Fsp3) is 0.0833. The molecule has 0 fully saturated rings. The van der Waals surface area contributed by atoms with Gasteiger partial charge in [0.2, 0.25) is 0 Å². The minimum Gasteiger partial charge on any atom is -0.493 e. The number of nitrogens with one attached hydrogen (secondary N) is 1. The number of para-hydroxylation sites is 1. The van der Waals surface area contributed by atoms with Crippen LogP contribution in [-0.4, -0.2) is 17.9 Å². The summed E-state index contributed by atoms with van der Waals surface area (Å²) < 4.78 is 11.8. The van der Waals surface area contributed by atoms with Crippen LogP contribution in [0, 0.1) is 21.4 Å². The lowest BCUT2D eigenvalue weighted by Gasteiger charge is -2.14. The number of nitrogens with zero attached hydrogens (tertiary/aromatic N) is 2. The quantitative estimate of drug-likeness (QED) is 0.136. The Labute approximate surface area is 219 Å². The van der Waals surface area contributed by atoms with Gasteiger partial charge in [-0.3, -0.25) is 14.9 Å². The second-order valence-corrected chi connectivity index (χ2v) is 8.64. The van der Waals surface area contributed by atoms with E-state index in [1.165, 1.54) is 25.3 Å². The van der Waals surface area contributed by atoms with Crippen LogP contribution in [0.15, 0.2) is 64.6 Å². The fourth-order valence-electron chi connectivity index (χ4n) is 2.95. The molecule has 0 radical (unpaired) electrons. The molecule has 11 heteroatoms. The Bertz CT molecular complexity index is 1330. The number of carbonyl (C=O) groups excluding carboxylic acids is 1. The number of nitriles is 1. The molecule has 35 heavy (non-hydrogen) atoms. The molecule has 0 aromatic heterocycles. The van der Waals surface area contributed by atoms with Gasteiger partial charge < -0.3 is 14.8 Å². The molecule has 0 aliphatic carbocycles. The van der Waals surface area contributed by atoms with Crippen molar-refractivity contribution < 1.29 is 19.2 Å². The molecule has 0 unspecified atom stereocenters. The number of methoxy groups -OCH3 is 1. The Kier molecular flexibility index (Phi) is 8.71. The number of amides is 1. The number of non-ortho nitro benzene ring substituents is 1. The Balaban J connectivity index is 1.82. The summed E-state index contributed by atoms with van der Waals surface area (Å²) in [4.78, 5) is 23.0. The first-order valence-corrected chi connectivity index (χ1v) is 11.4. The average Bonchev–Trinajstić information content (AvgIpc) is 2.84. The third kappa shape index (κ3) is 6.51. The van der Waals surface area contributed by atoms with Crippen LogP contribution < -0.4 is 14.8 Å². The molecule has 0 heterocycles. The molecule has 0 aliphatic rings. The molecule has 1 N–H and O–H groups in total. The number of anilines is 1. The molecule has 0 saturated carbocycles. The highest BCUT2D eigenvalue weighted by atomic mass is 79.9. The minimum absolute atomic E-state index is 0.0159. The Morgan fingerprint density at radius 2 is 1.86 bits per heavy atom. The maximum atomic E-state index is 12.7. The number of nitro benzene ring substituents is 1. The van der Waals surface area contributed by atoms with Gasteiger partial charge in [0.05, 0.1) is 32.2 Å². The summed E-state index contributed by atoms with van der Waals surface area (Å²) in [6, 6.07) is 15.9. The van der Waals surface area contributed by atoms with Gasteiger partial charge >= 0.3 is 0 Å². The van der Waals surface area contributed by atoms with Crippen molar-refractivity contribution in [3.63, 3.8) is 0 Å². The molecule has 0 saturated heterocycles. The second kappa shape index (κ2) is 11.7. The molecule has 8 nitrogen and oxygen atoms in total.